The molecule has 0 aromatic carbocycles. The number of nitrogens with zero attached hydrogens (tertiary/aromatic N) is 4. The van der Waals surface area contributed by atoms with Gasteiger partial charge >= 0.3 is 5.97 Å². The number of carbonyl (C=O) groups excluding carboxylic acids is 4. The molecule has 192 valence electrons. The molecule has 4 amide bonds. The van der Waals surface area contributed by atoms with E-state index >= 15 is 0 Å². The highest BCUT2D eigenvalue weighted by molar-refractivity contribution is 8.00. The minimum Gasteiger partial charge on any atom is -0.477 e. The first-order valence-corrected chi connectivity index (χ1v) is 12.5. The van der Waals surface area contributed by atoms with E-state index in [9.17, 15) is 29.1 Å². The number of amides is 4. The van der Waals surface area contributed by atoms with E-state index in [2.05, 4.69) is 26.1 Å². The molecule has 2 aromatic rings. The Morgan fingerprint density at radius 1 is 1.35 bits per heavy atom. The molecule has 1 saturated heterocycles. The summed E-state index contributed by atoms with van der Waals surface area (Å²) in [7, 11) is 1.24. The van der Waals surface area contributed by atoms with E-state index in [0.29, 0.717) is 29.8 Å². The lowest BCUT2D eigenvalue weighted by molar-refractivity contribution is -0.688. The number of pyridine rings is 1. The third-order valence-electron chi connectivity index (χ3n) is 5.32. The maximum atomic E-state index is 13.0. The standard InChI is InChI=1S/C21H19N7O7S2/c1-35-26-14(13-8-37-21(24-13)23-10-30)17(31)25-15-18(32)28-16(20(33)34)11(7-36-19(15)28)5-27-4-2-3-12(6-27)22-9-29/h2-4,6,8-10,15,19H,5,7H2,1H3,(H3-,22,23,24,25,29,30,31,33,34)/p+1/t15?,19-/m0/s1. The number of thiazole rings is 1. The molecule has 0 radical (unpaired) electrons. The third kappa shape index (κ3) is 5.29. The molecule has 14 nitrogen and oxygen atoms in total. The Bertz CT molecular complexity index is 1330. The number of fused-ring (bicyclic) bond motifs is 1. The summed E-state index contributed by atoms with van der Waals surface area (Å²) in [6.07, 6.45) is 4.33. The molecule has 4 N–H and O–H groups in total. The van der Waals surface area contributed by atoms with Crippen molar-refractivity contribution in [1.29, 1.82) is 0 Å². The van der Waals surface area contributed by atoms with E-state index in [-0.39, 0.29) is 28.8 Å². The molecular formula is C21H20N7O7S2+. The monoisotopic (exact) mass is 546 g/mol. The lowest BCUT2D eigenvalue weighted by Crippen LogP contribution is -2.71. The van der Waals surface area contributed by atoms with Crippen molar-refractivity contribution in [3.63, 3.8) is 0 Å². The Balaban J connectivity index is 1.52. The van der Waals surface area contributed by atoms with Crippen molar-refractivity contribution in [2.24, 2.45) is 5.16 Å². The third-order valence-corrected chi connectivity index (χ3v) is 7.43. The minimum atomic E-state index is -1.26. The van der Waals surface area contributed by atoms with Gasteiger partial charge in [-0.15, -0.1) is 23.1 Å². The molecule has 37 heavy (non-hydrogen) atoms. The highest BCUT2D eigenvalue weighted by Crippen LogP contribution is 2.40. The molecule has 2 atom stereocenters. The zero-order chi connectivity index (χ0) is 26.5. The lowest BCUT2D eigenvalue weighted by atomic mass is 10.0. The molecule has 2 aromatic heterocycles. The fraction of sp³-hybridized carbons (Fsp3) is 0.238. The van der Waals surface area contributed by atoms with Crippen LogP contribution in [0.1, 0.15) is 5.69 Å². The van der Waals surface area contributed by atoms with Crippen LogP contribution in [0, 0.1) is 0 Å². The number of hydrogen-bond donors (Lipinski definition) is 4. The summed E-state index contributed by atoms with van der Waals surface area (Å²) in [4.78, 5) is 69.4. The van der Waals surface area contributed by atoms with Crippen LogP contribution in [0.4, 0.5) is 10.8 Å². The Morgan fingerprint density at radius 2 is 2.14 bits per heavy atom. The van der Waals surface area contributed by atoms with Gasteiger partial charge in [0.2, 0.25) is 12.8 Å². The summed E-state index contributed by atoms with van der Waals surface area (Å²) in [5.41, 5.74) is 0.807. The number of β-lactam (4-membered cyclic amide) rings is 1. The van der Waals surface area contributed by atoms with Crippen LogP contribution in [-0.2, 0) is 35.4 Å². The number of thioether (sulfide) groups is 1. The van der Waals surface area contributed by atoms with Gasteiger partial charge in [-0.05, 0) is 6.07 Å². The summed E-state index contributed by atoms with van der Waals surface area (Å²) in [6, 6.07) is 2.39. The van der Waals surface area contributed by atoms with Crippen LogP contribution in [0.25, 0.3) is 0 Å². The molecule has 0 spiro atoms. The van der Waals surface area contributed by atoms with Crippen LogP contribution in [0.2, 0.25) is 0 Å². The molecule has 1 unspecified atom stereocenters. The van der Waals surface area contributed by atoms with Gasteiger partial charge in [-0.2, -0.15) is 4.57 Å². The van der Waals surface area contributed by atoms with E-state index < -0.39 is 29.2 Å². The maximum absolute atomic E-state index is 13.0. The number of carboxylic acid groups (broad SMARTS) is 1. The highest BCUT2D eigenvalue weighted by Gasteiger charge is 2.54. The predicted octanol–water partition coefficient (Wildman–Crippen LogP) is -0.643. The quantitative estimate of drug-likeness (QED) is 0.0936. The molecule has 2 aliphatic rings. The Labute approximate surface area is 217 Å². The lowest BCUT2D eigenvalue weighted by Gasteiger charge is -2.49. The van der Waals surface area contributed by atoms with Crippen LogP contribution in [0.15, 0.2) is 46.3 Å². The van der Waals surface area contributed by atoms with Crippen LogP contribution < -0.4 is 20.5 Å². The van der Waals surface area contributed by atoms with Crippen molar-refractivity contribution in [3.8, 4) is 0 Å². The summed E-state index contributed by atoms with van der Waals surface area (Å²) in [5.74, 6) is -2.29. The molecule has 16 heteroatoms. The van der Waals surface area contributed by atoms with Gasteiger partial charge in [-0.1, -0.05) is 5.16 Å². The van der Waals surface area contributed by atoms with Gasteiger partial charge < -0.3 is 25.9 Å². The second kappa shape index (κ2) is 11.2. The van der Waals surface area contributed by atoms with E-state index in [1.54, 1.807) is 29.1 Å². The van der Waals surface area contributed by atoms with Gasteiger partial charge in [-0.25, -0.2) is 9.78 Å². The van der Waals surface area contributed by atoms with Crippen molar-refractivity contribution >= 4 is 70.2 Å². The molecule has 0 aliphatic carbocycles. The van der Waals surface area contributed by atoms with Crippen molar-refractivity contribution in [3.05, 3.63) is 46.9 Å². The fourth-order valence-electron chi connectivity index (χ4n) is 3.80. The van der Waals surface area contributed by atoms with E-state index in [4.69, 9.17) is 4.84 Å². The zero-order valence-corrected chi connectivity index (χ0v) is 20.7. The van der Waals surface area contributed by atoms with Crippen LogP contribution in [-0.4, -0.2) is 75.6 Å². The number of anilines is 2. The number of carbonyl (C=O) groups is 5. The molecular weight excluding hydrogens is 526 g/mol. The first-order chi connectivity index (χ1) is 17.9. The van der Waals surface area contributed by atoms with Gasteiger partial charge in [-0.3, -0.25) is 24.1 Å². The zero-order valence-electron chi connectivity index (χ0n) is 19.1. The average molecular weight is 547 g/mol. The smallest absolute Gasteiger partial charge is 0.352 e. The highest BCUT2D eigenvalue weighted by atomic mass is 32.2. The number of oxime groups is 1. The van der Waals surface area contributed by atoms with Crippen LogP contribution >= 0.6 is 23.1 Å². The molecule has 4 rings (SSSR count). The normalized spacial score (nSPS) is 18.9. The number of carboxylic acids is 1. The minimum absolute atomic E-state index is 0.130. The van der Waals surface area contributed by atoms with E-state index in [0.717, 1.165) is 16.2 Å². The first kappa shape index (κ1) is 25.8. The van der Waals surface area contributed by atoms with Gasteiger partial charge in [0.1, 0.15) is 35.6 Å². The van der Waals surface area contributed by atoms with Crippen molar-refractivity contribution in [1.82, 2.24) is 15.2 Å². The predicted molar refractivity (Wildman–Crippen MR) is 131 cm³/mol. The van der Waals surface area contributed by atoms with Crippen molar-refractivity contribution in [2.45, 2.75) is 18.0 Å². The second-order valence-electron chi connectivity index (χ2n) is 7.57. The van der Waals surface area contributed by atoms with Gasteiger partial charge in [0, 0.05) is 22.8 Å². The summed E-state index contributed by atoms with van der Waals surface area (Å²) < 4.78 is 1.70. The number of nitrogens with one attached hydrogen (secondary N) is 3. The average Bonchev–Trinajstić information content (AvgIpc) is 3.34. The van der Waals surface area contributed by atoms with Gasteiger partial charge in [0.25, 0.3) is 11.8 Å². The number of rotatable bonds is 11. The van der Waals surface area contributed by atoms with E-state index in [1.807, 2.05) is 0 Å². The first-order valence-electron chi connectivity index (χ1n) is 10.5. The Kier molecular flexibility index (Phi) is 7.78. The fourth-order valence-corrected chi connectivity index (χ4v) is 5.79. The maximum Gasteiger partial charge on any atom is 0.352 e. The molecule has 0 bridgehead atoms. The summed E-state index contributed by atoms with van der Waals surface area (Å²) in [5, 5.41) is 22.2. The number of aliphatic carboxylic acids is 1. The van der Waals surface area contributed by atoms with Crippen LogP contribution in [0.5, 0.6) is 0 Å². The summed E-state index contributed by atoms with van der Waals surface area (Å²) >= 11 is 2.38. The largest absolute Gasteiger partial charge is 0.477 e. The number of hydrogen-bond acceptors (Lipinski definition) is 10. The Morgan fingerprint density at radius 3 is 2.84 bits per heavy atom. The van der Waals surface area contributed by atoms with Crippen molar-refractivity contribution in [2.75, 3.05) is 23.5 Å². The molecule has 0 saturated carbocycles. The SMILES string of the molecule is CON=C(C(=O)NC1C(=O)N2C(C(=O)O)=C(C[n+]3cccc(NC=O)c3)CS[C@@H]12)c1csc(NC=O)n1. The molecule has 1 fully saturated rings. The summed E-state index contributed by atoms with van der Waals surface area (Å²) in [6.45, 7) is 0.183. The van der Waals surface area contributed by atoms with Crippen molar-refractivity contribution < 1.29 is 38.5 Å². The second-order valence-corrected chi connectivity index (χ2v) is 9.53. The Hall–Kier alpha value is -4.31. The van der Waals surface area contributed by atoms with Gasteiger partial charge in [0.15, 0.2) is 29.8 Å². The van der Waals surface area contributed by atoms with E-state index in [1.165, 1.54) is 24.3 Å². The van der Waals surface area contributed by atoms with Gasteiger partial charge in [0.05, 0.1) is 0 Å². The molecule has 2 aliphatic heterocycles. The number of aromatic nitrogens is 2. The van der Waals surface area contributed by atoms with Crippen LogP contribution in [0.3, 0.4) is 0 Å². The topological polar surface area (TPSA) is 183 Å². The molecule has 4 heterocycles.